The molecule has 0 amide bonds. The first-order chi connectivity index (χ1) is 8.58. The van der Waals surface area contributed by atoms with Gasteiger partial charge in [-0.05, 0) is 47.1 Å². The smallest absolute Gasteiger partial charge is 0.160 e. The number of rotatable bonds is 3. The van der Waals surface area contributed by atoms with Crippen molar-refractivity contribution in [2.45, 2.75) is 16.7 Å². The third-order valence-corrected chi connectivity index (χ3v) is 4.69. The summed E-state index contributed by atoms with van der Waals surface area (Å²) in [5.41, 5.74) is 0.740. The van der Waals surface area contributed by atoms with E-state index in [1.807, 2.05) is 42.5 Å². The second-order valence-electron chi connectivity index (χ2n) is 3.73. The minimum absolute atomic E-state index is 0.0724. The van der Waals surface area contributed by atoms with Crippen LogP contribution >= 0.6 is 39.3 Å². The fourth-order valence-electron chi connectivity index (χ4n) is 1.52. The van der Waals surface area contributed by atoms with Gasteiger partial charge in [-0.25, -0.2) is 0 Å². The molecule has 0 aliphatic carbocycles. The standard InChI is InChI=1S/C14H10BrClOS/c1-9(17)11-4-2-3-5-13(11)18-14-7-6-10(16)8-12(14)15/h2-8H,1H3. The van der Waals surface area contributed by atoms with Crippen LogP contribution in [0.4, 0.5) is 0 Å². The zero-order chi connectivity index (χ0) is 13.1. The Morgan fingerprint density at radius 2 is 1.89 bits per heavy atom. The van der Waals surface area contributed by atoms with E-state index in [9.17, 15) is 4.79 Å². The second-order valence-corrected chi connectivity index (χ2v) is 6.10. The molecule has 0 bridgehead atoms. The number of hydrogen-bond acceptors (Lipinski definition) is 2. The molecule has 0 atom stereocenters. The maximum Gasteiger partial charge on any atom is 0.160 e. The molecule has 2 rings (SSSR count). The van der Waals surface area contributed by atoms with Crippen molar-refractivity contribution >= 4 is 45.1 Å². The Kier molecular flexibility index (Phi) is 4.49. The topological polar surface area (TPSA) is 17.1 Å². The number of Topliss-reactive ketones (excluding diaryl/α,β-unsaturated/α-hetero) is 1. The predicted molar refractivity (Wildman–Crippen MR) is 79.7 cm³/mol. The first-order valence-corrected chi connectivity index (χ1v) is 7.29. The van der Waals surface area contributed by atoms with Crippen molar-refractivity contribution in [1.29, 1.82) is 0 Å². The summed E-state index contributed by atoms with van der Waals surface area (Å²) in [6, 6.07) is 13.2. The van der Waals surface area contributed by atoms with E-state index in [4.69, 9.17) is 11.6 Å². The van der Waals surface area contributed by atoms with Gasteiger partial charge >= 0.3 is 0 Å². The summed E-state index contributed by atoms with van der Waals surface area (Å²) in [5, 5.41) is 0.686. The maximum atomic E-state index is 11.5. The third kappa shape index (κ3) is 3.16. The zero-order valence-electron chi connectivity index (χ0n) is 9.61. The van der Waals surface area contributed by atoms with E-state index in [1.165, 1.54) is 0 Å². The van der Waals surface area contributed by atoms with Gasteiger partial charge in [0, 0.05) is 24.8 Å². The van der Waals surface area contributed by atoms with Gasteiger partial charge in [0.1, 0.15) is 0 Å². The summed E-state index contributed by atoms with van der Waals surface area (Å²) in [5.74, 6) is 0.0724. The van der Waals surface area contributed by atoms with E-state index in [-0.39, 0.29) is 5.78 Å². The van der Waals surface area contributed by atoms with Crippen LogP contribution in [0.5, 0.6) is 0 Å². The number of ketones is 1. The maximum absolute atomic E-state index is 11.5. The van der Waals surface area contributed by atoms with Gasteiger partial charge in [-0.3, -0.25) is 4.79 Å². The van der Waals surface area contributed by atoms with Crippen LogP contribution in [0.15, 0.2) is 56.7 Å². The van der Waals surface area contributed by atoms with E-state index in [1.54, 1.807) is 18.7 Å². The van der Waals surface area contributed by atoms with Gasteiger partial charge in [0.15, 0.2) is 5.78 Å². The molecule has 0 aromatic heterocycles. The fourth-order valence-corrected chi connectivity index (χ4v) is 3.45. The summed E-state index contributed by atoms with van der Waals surface area (Å²) in [4.78, 5) is 13.5. The van der Waals surface area contributed by atoms with Crippen LogP contribution in [-0.2, 0) is 0 Å². The Morgan fingerprint density at radius 1 is 1.17 bits per heavy atom. The van der Waals surface area contributed by atoms with Crippen molar-refractivity contribution in [3.8, 4) is 0 Å². The molecule has 0 unspecified atom stereocenters. The molecular formula is C14H10BrClOS. The first-order valence-electron chi connectivity index (χ1n) is 5.31. The normalized spacial score (nSPS) is 10.4. The molecule has 0 N–H and O–H groups in total. The molecule has 1 nitrogen and oxygen atoms in total. The lowest BCUT2D eigenvalue weighted by Crippen LogP contribution is -1.94. The zero-order valence-corrected chi connectivity index (χ0v) is 12.8. The molecule has 18 heavy (non-hydrogen) atoms. The molecule has 92 valence electrons. The Labute approximate surface area is 124 Å². The van der Waals surface area contributed by atoms with Crippen molar-refractivity contribution in [3.05, 3.63) is 57.5 Å². The highest BCUT2D eigenvalue weighted by atomic mass is 79.9. The lowest BCUT2D eigenvalue weighted by molar-refractivity contribution is 0.101. The number of halogens is 2. The molecular weight excluding hydrogens is 332 g/mol. The Morgan fingerprint density at radius 3 is 2.56 bits per heavy atom. The van der Waals surface area contributed by atoms with E-state index < -0.39 is 0 Å². The quantitative estimate of drug-likeness (QED) is 0.690. The van der Waals surface area contributed by atoms with Gasteiger partial charge in [-0.1, -0.05) is 41.6 Å². The predicted octanol–water partition coefficient (Wildman–Crippen LogP) is 5.46. The van der Waals surface area contributed by atoms with Gasteiger partial charge in [-0.15, -0.1) is 0 Å². The van der Waals surface area contributed by atoms with E-state index in [0.29, 0.717) is 5.02 Å². The largest absolute Gasteiger partial charge is 0.294 e. The van der Waals surface area contributed by atoms with Crippen LogP contribution in [0.1, 0.15) is 17.3 Å². The van der Waals surface area contributed by atoms with Crippen LogP contribution in [0.25, 0.3) is 0 Å². The molecule has 0 saturated carbocycles. The lowest BCUT2D eigenvalue weighted by atomic mass is 10.1. The van der Waals surface area contributed by atoms with E-state index in [2.05, 4.69) is 15.9 Å². The molecule has 0 saturated heterocycles. The molecule has 2 aromatic rings. The minimum Gasteiger partial charge on any atom is -0.294 e. The SMILES string of the molecule is CC(=O)c1ccccc1Sc1ccc(Cl)cc1Br. The Bertz CT molecular complexity index is 598. The van der Waals surface area contributed by atoms with Crippen molar-refractivity contribution in [1.82, 2.24) is 0 Å². The number of benzene rings is 2. The summed E-state index contributed by atoms with van der Waals surface area (Å²) in [7, 11) is 0. The number of carbonyl (C=O) groups excluding carboxylic acids is 1. The third-order valence-electron chi connectivity index (χ3n) is 2.38. The van der Waals surface area contributed by atoms with Crippen molar-refractivity contribution in [2.75, 3.05) is 0 Å². The van der Waals surface area contributed by atoms with E-state index >= 15 is 0 Å². The average Bonchev–Trinajstić information content (AvgIpc) is 2.33. The molecule has 4 heteroatoms. The molecule has 0 radical (unpaired) electrons. The van der Waals surface area contributed by atoms with Crippen LogP contribution in [0, 0.1) is 0 Å². The molecule has 2 aromatic carbocycles. The number of hydrogen-bond donors (Lipinski definition) is 0. The van der Waals surface area contributed by atoms with Gasteiger partial charge in [0.05, 0.1) is 0 Å². The highest BCUT2D eigenvalue weighted by Gasteiger charge is 2.09. The molecule has 0 fully saturated rings. The minimum atomic E-state index is 0.0724. The number of carbonyl (C=O) groups is 1. The molecule has 0 spiro atoms. The lowest BCUT2D eigenvalue weighted by Gasteiger charge is -2.08. The molecule has 0 aliphatic heterocycles. The van der Waals surface area contributed by atoms with Gasteiger partial charge in [0.2, 0.25) is 0 Å². The van der Waals surface area contributed by atoms with E-state index in [0.717, 1.165) is 19.8 Å². The van der Waals surface area contributed by atoms with Gasteiger partial charge < -0.3 is 0 Å². The summed E-state index contributed by atoms with van der Waals surface area (Å²) >= 11 is 10.9. The summed E-state index contributed by atoms with van der Waals surface area (Å²) in [6.07, 6.45) is 0. The molecule has 0 heterocycles. The van der Waals surface area contributed by atoms with Gasteiger partial charge in [-0.2, -0.15) is 0 Å². The highest BCUT2D eigenvalue weighted by Crippen LogP contribution is 2.36. The summed E-state index contributed by atoms with van der Waals surface area (Å²) < 4.78 is 0.929. The van der Waals surface area contributed by atoms with Crippen LogP contribution in [-0.4, -0.2) is 5.78 Å². The Balaban J connectivity index is 2.37. The van der Waals surface area contributed by atoms with Crippen LogP contribution < -0.4 is 0 Å². The van der Waals surface area contributed by atoms with Crippen LogP contribution in [0.2, 0.25) is 5.02 Å². The van der Waals surface area contributed by atoms with Crippen molar-refractivity contribution in [2.24, 2.45) is 0 Å². The highest BCUT2D eigenvalue weighted by molar-refractivity contribution is 9.10. The first kappa shape index (κ1) is 13.7. The Hall–Kier alpha value is -0.770. The van der Waals surface area contributed by atoms with Crippen molar-refractivity contribution in [3.63, 3.8) is 0 Å². The van der Waals surface area contributed by atoms with Crippen molar-refractivity contribution < 1.29 is 4.79 Å². The molecule has 0 aliphatic rings. The summed E-state index contributed by atoms with van der Waals surface area (Å²) in [6.45, 7) is 1.58. The average molecular weight is 342 g/mol. The van der Waals surface area contributed by atoms with Crippen LogP contribution in [0.3, 0.4) is 0 Å². The second kappa shape index (κ2) is 5.91. The van der Waals surface area contributed by atoms with Gasteiger partial charge in [0.25, 0.3) is 0 Å². The fraction of sp³-hybridized carbons (Fsp3) is 0.0714. The monoisotopic (exact) mass is 340 g/mol.